The Kier molecular flexibility index (Phi) is 4.77. The highest BCUT2D eigenvalue weighted by Crippen LogP contribution is 2.15. The summed E-state index contributed by atoms with van der Waals surface area (Å²) in [7, 11) is 0. The van der Waals surface area contributed by atoms with Crippen LogP contribution in [0.1, 0.15) is 30.9 Å². The van der Waals surface area contributed by atoms with E-state index in [0.29, 0.717) is 18.4 Å². The SMILES string of the molecule is CC(C)c1ccc(CN=C(N)Nc2ccccc2)cc1. The van der Waals surface area contributed by atoms with Crippen LogP contribution < -0.4 is 11.1 Å². The molecule has 0 fully saturated rings. The Morgan fingerprint density at radius 2 is 1.70 bits per heavy atom. The molecule has 0 saturated heterocycles. The summed E-state index contributed by atoms with van der Waals surface area (Å²) in [6, 6.07) is 18.3. The Hall–Kier alpha value is -2.29. The van der Waals surface area contributed by atoms with Gasteiger partial charge in [-0.1, -0.05) is 56.3 Å². The van der Waals surface area contributed by atoms with E-state index < -0.39 is 0 Å². The third-order valence-electron chi connectivity index (χ3n) is 3.12. The molecule has 0 radical (unpaired) electrons. The molecule has 0 aliphatic heterocycles. The van der Waals surface area contributed by atoms with E-state index in [0.717, 1.165) is 11.3 Å². The first-order valence-corrected chi connectivity index (χ1v) is 6.86. The van der Waals surface area contributed by atoms with Crippen LogP contribution in [0.5, 0.6) is 0 Å². The van der Waals surface area contributed by atoms with Crippen LogP contribution in [0.25, 0.3) is 0 Å². The van der Waals surface area contributed by atoms with Gasteiger partial charge in [0.2, 0.25) is 0 Å². The fourth-order valence-electron chi connectivity index (χ4n) is 1.89. The summed E-state index contributed by atoms with van der Waals surface area (Å²) >= 11 is 0. The molecule has 2 aromatic rings. The Balaban J connectivity index is 1.94. The van der Waals surface area contributed by atoms with Gasteiger partial charge < -0.3 is 11.1 Å². The number of hydrogen-bond donors (Lipinski definition) is 2. The largest absolute Gasteiger partial charge is 0.370 e. The van der Waals surface area contributed by atoms with Crippen LogP contribution in [0.3, 0.4) is 0 Å². The first-order valence-electron chi connectivity index (χ1n) is 6.86. The maximum atomic E-state index is 5.87. The van der Waals surface area contributed by atoms with Crippen LogP contribution >= 0.6 is 0 Å². The van der Waals surface area contributed by atoms with Crippen LogP contribution in [0.2, 0.25) is 0 Å². The Morgan fingerprint density at radius 1 is 1.05 bits per heavy atom. The molecule has 3 heteroatoms. The van der Waals surface area contributed by atoms with Crippen molar-refractivity contribution in [3.8, 4) is 0 Å². The van der Waals surface area contributed by atoms with Gasteiger partial charge in [0.25, 0.3) is 0 Å². The first kappa shape index (κ1) is 14.1. The molecule has 0 atom stereocenters. The number of anilines is 1. The molecule has 0 spiro atoms. The lowest BCUT2D eigenvalue weighted by atomic mass is 10.0. The van der Waals surface area contributed by atoms with Gasteiger partial charge in [0, 0.05) is 5.69 Å². The summed E-state index contributed by atoms with van der Waals surface area (Å²) in [6.07, 6.45) is 0. The molecule has 0 heterocycles. The van der Waals surface area contributed by atoms with Crippen molar-refractivity contribution in [2.45, 2.75) is 26.3 Å². The van der Waals surface area contributed by atoms with E-state index in [-0.39, 0.29) is 0 Å². The van der Waals surface area contributed by atoms with Crippen LogP contribution in [0.15, 0.2) is 59.6 Å². The standard InChI is InChI=1S/C17H21N3/c1-13(2)15-10-8-14(9-11-15)12-19-17(18)20-16-6-4-3-5-7-16/h3-11,13H,12H2,1-2H3,(H3,18,19,20). The van der Waals surface area contributed by atoms with E-state index in [1.807, 2.05) is 30.3 Å². The summed E-state index contributed by atoms with van der Waals surface area (Å²) < 4.78 is 0. The number of hydrogen-bond acceptors (Lipinski definition) is 1. The topological polar surface area (TPSA) is 50.4 Å². The molecule has 2 rings (SSSR count). The van der Waals surface area contributed by atoms with Crippen molar-refractivity contribution in [3.63, 3.8) is 0 Å². The summed E-state index contributed by atoms with van der Waals surface area (Å²) in [5, 5.41) is 3.07. The first-order chi connectivity index (χ1) is 9.65. The minimum absolute atomic E-state index is 0.434. The highest BCUT2D eigenvalue weighted by atomic mass is 15.1. The smallest absolute Gasteiger partial charge is 0.193 e. The number of nitrogens with one attached hydrogen (secondary N) is 1. The number of nitrogens with zero attached hydrogens (tertiary/aromatic N) is 1. The van der Waals surface area contributed by atoms with Gasteiger partial charge in [0.1, 0.15) is 0 Å². The lowest BCUT2D eigenvalue weighted by molar-refractivity contribution is 0.864. The van der Waals surface area contributed by atoms with Crippen molar-refractivity contribution >= 4 is 11.6 Å². The van der Waals surface area contributed by atoms with Crippen molar-refractivity contribution in [2.24, 2.45) is 10.7 Å². The zero-order valence-electron chi connectivity index (χ0n) is 12.0. The molecule has 0 bridgehead atoms. The van der Waals surface area contributed by atoms with Crippen LogP contribution in [-0.2, 0) is 6.54 Å². The summed E-state index contributed by atoms with van der Waals surface area (Å²) in [6.45, 7) is 4.97. The number of aliphatic imine (C=N–C) groups is 1. The number of guanidine groups is 1. The van der Waals surface area contributed by atoms with Gasteiger partial charge in [-0.25, -0.2) is 4.99 Å². The molecule has 0 aliphatic rings. The average Bonchev–Trinajstić information content (AvgIpc) is 2.46. The summed E-state index contributed by atoms with van der Waals surface area (Å²) in [5.74, 6) is 0.988. The van der Waals surface area contributed by atoms with E-state index in [9.17, 15) is 0 Å². The Morgan fingerprint density at radius 3 is 2.30 bits per heavy atom. The third kappa shape index (κ3) is 4.12. The second-order valence-electron chi connectivity index (χ2n) is 5.09. The third-order valence-corrected chi connectivity index (χ3v) is 3.12. The number of para-hydroxylation sites is 1. The van der Waals surface area contributed by atoms with Crippen molar-refractivity contribution in [1.29, 1.82) is 0 Å². The quantitative estimate of drug-likeness (QED) is 0.655. The highest BCUT2D eigenvalue weighted by molar-refractivity contribution is 5.92. The summed E-state index contributed by atoms with van der Waals surface area (Å²) in [5.41, 5.74) is 9.32. The zero-order valence-corrected chi connectivity index (χ0v) is 12.0. The maximum absolute atomic E-state index is 5.87. The van der Waals surface area contributed by atoms with Gasteiger partial charge in [-0.2, -0.15) is 0 Å². The predicted octanol–water partition coefficient (Wildman–Crippen LogP) is 3.74. The van der Waals surface area contributed by atoms with Crippen LogP contribution in [0.4, 0.5) is 5.69 Å². The fraction of sp³-hybridized carbons (Fsp3) is 0.235. The molecule has 0 saturated carbocycles. The number of rotatable bonds is 4. The lowest BCUT2D eigenvalue weighted by Crippen LogP contribution is -2.22. The highest BCUT2D eigenvalue weighted by Gasteiger charge is 1.99. The molecule has 0 amide bonds. The van der Waals surface area contributed by atoms with E-state index in [2.05, 4.69) is 48.4 Å². The zero-order chi connectivity index (χ0) is 14.4. The average molecular weight is 267 g/mol. The van der Waals surface area contributed by atoms with Crippen molar-refractivity contribution in [2.75, 3.05) is 5.32 Å². The molecule has 104 valence electrons. The fourth-order valence-corrected chi connectivity index (χ4v) is 1.89. The number of nitrogens with two attached hydrogens (primary N) is 1. The Labute approximate surface area is 120 Å². The van der Waals surface area contributed by atoms with E-state index >= 15 is 0 Å². The molecular weight excluding hydrogens is 246 g/mol. The number of benzene rings is 2. The molecule has 0 aliphatic carbocycles. The molecule has 3 N–H and O–H groups in total. The van der Waals surface area contributed by atoms with Gasteiger partial charge >= 0.3 is 0 Å². The second kappa shape index (κ2) is 6.75. The molecule has 20 heavy (non-hydrogen) atoms. The molecular formula is C17H21N3. The molecule has 2 aromatic carbocycles. The molecule has 0 unspecified atom stereocenters. The van der Waals surface area contributed by atoms with E-state index in [1.165, 1.54) is 5.56 Å². The van der Waals surface area contributed by atoms with E-state index in [1.54, 1.807) is 0 Å². The maximum Gasteiger partial charge on any atom is 0.193 e. The lowest BCUT2D eigenvalue weighted by Gasteiger charge is -2.07. The Bertz CT molecular complexity index is 557. The molecule has 3 nitrogen and oxygen atoms in total. The second-order valence-corrected chi connectivity index (χ2v) is 5.09. The van der Waals surface area contributed by atoms with E-state index in [4.69, 9.17) is 5.73 Å². The normalized spacial score (nSPS) is 11.7. The van der Waals surface area contributed by atoms with Crippen LogP contribution in [-0.4, -0.2) is 5.96 Å². The minimum Gasteiger partial charge on any atom is -0.370 e. The van der Waals surface area contributed by atoms with Crippen LogP contribution in [0, 0.1) is 0 Å². The predicted molar refractivity (Wildman–Crippen MR) is 85.9 cm³/mol. The monoisotopic (exact) mass is 267 g/mol. The minimum atomic E-state index is 0.434. The summed E-state index contributed by atoms with van der Waals surface area (Å²) in [4.78, 5) is 4.35. The van der Waals surface area contributed by atoms with Gasteiger partial charge in [-0.3, -0.25) is 0 Å². The van der Waals surface area contributed by atoms with Gasteiger partial charge in [0.15, 0.2) is 5.96 Å². The van der Waals surface area contributed by atoms with Gasteiger partial charge in [-0.15, -0.1) is 0 Å². The van der Waals surface area contributed by atoms with Gasteiger partial charge in [-0.05, 0) is 29.2 Å². The van der Waals surface area contributed by atoms with Crippen molar-refractivity contribution in [1.82, 2.24) is 0 Å². The van der Waals surface area contributed by atoms with Crippen molar-refractivity contribution < 1.29 is 0 Å². The molecule has 0 aromatic heterocycles. The van der Waals surface area contributed by atoms with Crippen molar-refractivity contribution in [3.05, 3.63) is 65.7 Å². The van der Waals surface area contributed by atoms with Gasteiger partial charge in [0.05, 0.1) is 6.54 Å².